The third-order valence-electron chi connectivity index (χ3n) is 5.04. The molecular weight excluding hydrogens is 346 g/mol. The lowest BCUT2D eigenvalue weighted by molar-refractivity contribution is 0.672. The first-order valence-corrected chi connectivity index (χ1v) is 8.96. The van der Waals surface area contributed by atoms with Crippen molar-refractivity contribution in [2.45, 2.75) is 26.3 Å². The first kappa shape index (κ1) is 17.3. The minimum atomic E-state index is -0.313. The van der Waals surface area contributed by atoms with Gasteiger partial charge in [0.05, 0.1) is 5.69 Å². The van der Waals surface area contributed by atoms with Crippen LogP contribution in [-0.4, -0.2) is 42.9 Å². The number of fused-ring (bicyclic) bond motifs is 1. The van der Waals surface area contributed by atoms with E-state index in [2.05, 4.69) is 20.3 Å². The maximum Gasteiger partial charge on any atom is 0.332 e. The maximum atomic E-state index is 12.2. The lowest BCUT2D eigenvalue weighted by Crippen LogP contribution is -2.40. The van der Waals surface area contributed by atoms with Gasteiger partial charge in [0.2, 0.25) is 0 Å². The molecule has 0 aromatic carbocycles. The van der Waals surface area contributed by atoms with Gasteiger partial charge in [0.1, 0.15) is 11.6 Å². The standard InChI is InChI=1S/C18H23N7O2/c1-11-7-15(25-14(19-11)8-12(2)21-25)20-13-5-6-24(10-13)16-9-17(26)23(4)18(27)22(16)3/h7-9,13,20H,5-6,10H2,1-4H3/t13-/m0/s1. The minimum absolute atomic E-state index is 0.179. The summed E-state index contributed by atoms with van der Waals surface area (Å²) in [6, 6.07) is 5.64. The number of aryl methyl sites for hydroxylation is 2. The van der Waals surface area contributed by atoms with Crippen molar-refractivity contribution in [3.8, 4) is 0 Å². The van der Waals surface area contributed by atoms with E-state index in [4.69, 9.17) is 0 Å². The van der Waals surface area contributed by atoms with E-state index in [1.165, 1.54) is 17.7 Å². The fourth-order valence-electron chi connectivity index (χ4n) is 3.64. The summed E-state index contributed by atoms with van der Waals surface area (Å²) in [5, 5.41) is 8.05. The molecule has 0 unspecified atom stereocenters. The quantitative estimate of drug-likeness (QED) is 0.720. The van der Waals surface area contributed by atoms with Crippen molar-refractivity contribution < 1.29 is 0 Å². The van der Waals surface area contributed by atoms with Crippen LogP contribution in [0.2, 0.25) is 0 Å². The summed E-state index contributed by atoms with van der Waals surface area (Å²) in [6.45, 7) is 5.37. The van der Waals surface area contributed by atoms with Crippen LogP contribution in [0.3, 0.4) is 0 Å². The van der Waals surface area contributed by atoms with E-state index in [1.807, 2.05) is 30.5 Å². The van der Waals surface area contributed by atoms with E-state index in [9.17, 15) is 9.59 Å². The van der Waals surface area contributed by atoms with Gasteiger partial charge in [-0.15, -0.1) is 0 Å². The van der Waals surface area contributed by atoms with E-state index < -0.39 is 0 Å². The molecule has 0 saturated carbocycles. The normalized spacial score (nSPS) is 17.0. The first-order chi connectivity index (χ1) is 12.8. The predicted octanol–water partition coefficient (Wildman–Crippen LogP) is 0.434. The summed E-state index contributed by atoms with van der Waals surface area (Å²) in [6.07, 6.45) is 0.895. The van der Waals surface area contributed by atoms with Gasteiger partial charge in [-0.2, -0.15) is 9.61 Å². The second kappa shape index (κ2) is 6.26. The van der Waals surface area contributed by atoms with Gasteiger partial charge in [-0.05, 0) is 20.3 Å². The number of rotatable bonds is 3. The van der Waals surface area contributed by atoms with Gasteiger partial charge in [-0.25, -0.2) is 9.78 Å². The van der Waals surface area contributed by atoms with Crippen LogP contribution < -0.4 is 21.5 Å². The molecule has 4 rings (SSSR count). The summed E-state index contributed by atoms with van der Waals surface area (Å²) in [4.78, 5) is 30.8. The molecule has 0 amide bonds. The molecule has 4 heterocycles. The smallest absolute Gasteiger partial charge is 0.332 e. The van der Waals surface area contributed by atoms with Crippen LogP contribution in [0.1, 0.15) is 17.8 Å². The van der Waals surface area contributed by atoms with Crippen LogP contribution in [0.4, 0.5) is 11.6 Å². The Kier molecular flexibility index (Phi) is 4.01. The Morgan fingerprint density at radius 2 is 1.85 bits per heavy atom. The number of nitrogens with zero attached hydrogens (tertiary/aromatic N) is 6. The predicted molar refractivity (Wildman–Crippen MR) is 104 cm³/mol. The van der Waals surface area contributed by atoms with Gasteiger partial charge in [0.15, 0.2) is 5.65 Å². The monoisotopic (exact) mass is 369 g/mol. The molecule has 9 nitrogen and oxygen atoms in total. The molecular formula is C18H23N7O2. The number of anilines is 2. The summed E-state index contributed by atoms with van der Waals surface area (Å²) in [5.74, 6) is 1.55. The molecule has 142 valence electrons. The lowest BCUT2D eigenvalue weighted by atomic mass is 10.2. The van der Waals surface area contributed by atoms with Crippen molar-refractivity contribution in [1.82, 2.24) is 23.7 Å². The molecule has 1 saturated heterocycles. The van der Waals surface area contributed by atoms with E-state index in [1.54, 1.807) is 7.05 Å². The molecule has 9 heteroatoms. The van der Waals surface area contributed by atoms with Crippen LogP contribution in [-0.2, 0) is 14.1 Å². The average molecular weight is 369 g/mol. The molecule has 3 aromatic heterocycles. The van der Waals surface area contributed by atoms with E-state index in [-0.39, 0.29) is 17.3 Å². The van der Waals surface area contributed by atoms with E-state index >= 15 is 0 Å². The topological polar surface area (TPSA) is 89.5 Å². The third-order valence-corrected chi connectivity index (χ3v) is 5.04. The Balaban J connectivity index is 1.60. The summed E-state index contributed by atoms with van der Waals surface area (Å²) < 4.78 is 4.46. The second-order valence-electron chi connectivity index (χ2n) is 7.16. The van der Waals surface area contributed by atoms with Crippen molar-refractivity contribution in [2.24, 2.45) is 14.1 Å². The van der Waals surface area contributed by atoms with Gasteiger partial charge in [-0.1, -0.05) is 0 Å². The SMILES string of the molecule is Cc1cc(N[C@H]2CCN(c3cc(=O)n(C)c(=O)n3C)C2)n2nc(C)cc2n1. The molecule has 3 aromatic rings. The van der Waals surface area contributed by atoms with Gasteiger partial charge >= 0.3 is 5.69 Å². The largest absolute Gasteiger partial charge is 0.365 e. The Morgan fingerprint density at radius 1 is 1.07 bits per heavy atom. The van der Waals surface area contributed by atoms with Gasteiger partial charge in [-0.3, -0.25) is 13.9 Å². The highest BCUT2D eigenvalue weighted by Gasteiger charge is 2.25. The molecule has 0 bridgehead atoms. The van der Waals surface area contributed by atoms with E-state index in [0.29, 0.717) is 12.4 Å². The first-order valence-electron chi connectivity index (χ1n) is 8.96. The molecule has 1 N–H and O–H groups in total. The van der Waals surface area contributed by atoms with Crippen LogP contribution in [0.5, 0.6) is 0 Å². The Hall–Kier alpha value is -3.10. The Morgan fingerprint density at radius 3 is 2.63 bits per heavy atom. The number of aromatic nitrogens is 5. The van der Waals surface area contributed by atoms with Crippen LogP contribution in [0.25, 0.3) is 5.65 Å². The molecule has 0 aliphatic carbocycles. The highest BCUT2D eigenvalue weighted by Crippen LogP contribution is 2.21. The zero-order valence-corrected chi connectivity index (χ0v) is 15.9. The third kappa shape index (κ3) is 2.98. The zero-order chi connectivity index (χ0) is 19.3. The molecule has 0 radical (unpaired) electrons. The summed E-state index contributed by atoms with van der Waals surface area (Å²) >= 11 is 0. The average Bonchev–Trinajstić information content (AvgIpc) is 3.22. The molecule has 1 fully saturated rings. The summed E-state index contributed by atoms with van der Waals surface area (Å²) in [5.41, 5.74) is 2.06. The fraction of sp³-hybridized carbons (Fsp3) is 0.444. The number of nitrogens with one attached hydrogen (secondary N) is 1. The molecule has 1 atom stereocenters. The van der Waals surface area contributed by atoms with Gasteiger partial charge in [0, 0.05) is 57.1 Å². The number of hydrogen-bond acceptors (Lipinski definition) is 6. The number of hydrogen-bond donors (Lipinski definition) is 1. The zero-order valence-electron chi connectivity index (χ0n) is 15.9. The fourth-order valence-corrected chi connectivity index (χ4v) is 3.64. The molecule has 0 spiro atoms. The van der Waals surface area contributed by atoms with Crippen LogP contribution in [0, 0.1) is 13.8 Å². The molecule has 27 heavy (non-hydrogen) atoms. The van der Waals surface area contributed by atoms with Crippen LogP contribution in [0.15, 0.2) is 27.8 Å². The highest BCUT2D eigenvalue weighted by atomic mass is 16.2. The van der Waals surface area contributed by atoms with Crippen LogP contribution >= 0.6 is 0 Å². The van der Waals surface area contributed by atoms with Crippen molar-refractivity contribution in [3.63, 3.8) is 0 Å². The van der Waals surface area contributed by atoms with Crippen molar-refractivity contribution >= 4 is 17.3 Å². The maximum absolute atomic E-state index is 12.2. The molecule has 1 aliphatic rings. The van der Waals surface area contributed by atoms with Crippen molar-refractivity contribution in [1.29, 1.82) is 0 Å². The van der Waals surface area contributed by atoms with E-state index in [0.717, 1.165) is 40.4 Å². The highest BCUT2D eigenvalue weighted by molar-refractivity contribution is 5.51. The van der Waals surface area contributed by atoms with Crippen molar-refractivity contribution in [3.05, 3.63) is 50.4 Å². The van der Waals surface area contributed by atoms with Gasteiger partial charge < -0.3 is 10.2 Å². The Bertz CT molecular complexity index is 1140. The van der Waals surface area contributed by atoms with Crippen molar-refractivity contribution in [2.75, 3.05) is 23.3 Å². The molecule has 1 aliphatic heterocycles. The summed E-state index contributed by atoms with van der Waals surface area (Å²) in [7, 11) is 3.19. The minimum Gasteiger partial charge on any atom is -0.365 e. The lowest BCUT2D eigenvalue weighted by Gasteiger charge is -2.22. The van der Waals surface area contributed by atoms with Gasteiger partial charge in [0.25, 0.3) is 5.56 Å². The Labute approximate surface area is 155 Å². The second-order valence-corrected chi connectivity index (χ2v) is 7.16.